The molecule has 2 heterocycles. The number of hydrazine groups is 1. The Hall–Kier alpha value is -3.70. The normalized spacial score (nSPS) is 11.3. The maximum atomic E-state index is 12.6. The summed E-state index contributed by atoms with van der Waals surface area (Å²) < 4.78 is 16.6. The van der Waals surface area contributed by atoms with Gasteiger partial charge in [0.25, 0.3) is 11.8 Å². The van der Waals surface area contributed by atoms with Crippen LogP contribution in [0.2, 0.25) is 0 Å². The third kappa shape index (κ3) is 7.89. The van der Waals surface area contributed by atoms with Crippen molar-refractivity contribution >= 4 is 29.1 Å². The van der Waals surface area contributed by atoms with Crippen molar-refractivity contribution in [2.75, 3.05) is 13.2 Å². The molecule has 0 aliphatic carbocycles. The lowest BCUT2D eigenvalue weighted by Crippen LogP contribution is -2.46. The van der Waals surface area contributed by atoms with Crippen molar-refractivity contribution in [2.45, 2.75) is 53.3 Å². The van der Waals surface area contributed by atoms with Crippen molar-refractivity contribution in [3.63, 3.8) is 0 Å². The summed E-state index contributed by atoms with van der Waals surface area (Å²) in [6.45, 7) is 9.84. The molecular weight excluding hydrogens is 496 g/mol. The van der Waals surface area contributed by atoms with E-state index in [1.54, 1.807) is 44.5 Å². The van der Waals surface area contributed by atoms with E-state index in [0.717, 1.165) is 16.7 Å². The highest BCUT2D eigenvalue weighted by Gasteiger charge is 2.32. The molecule has 11 heteroatoms. The fourth-order valence-corrected chi connectivity index (χ4v) is 4.30. The number of benzene rings is 1. The number of rotatable bonds is 11. The number of nitrogens with one attached hydrogen (secondary N) is 2. The van der Waals surface area contributed by atoms with Crippen molar-refractivity contribution < 1.29 is 28.3 Å². The summed E-state index contributed by atoms with van der Waals surface area (Å²) in [6.07, 6.45) is 3.02. The third-order valence-corrected chi connectivity index (χ3v) is 6.19. The van der Waals surface area contributed by atoms with E-state index in [2.05, 4.69) is 15.8 Å². The summed E-state index contributed by atoms with van der Waals surface area (Å²) in [5, 5.41) is 1.78. The molecule has 3 rings (SSSR count). The number of ether oxygens (including phenoxy) is 2. The first-order valence-corrected chi connectivity index (χ1v) is 12.7. The second-order valence-corrected chi connectivity index (χ2v) is 9.89. The van der Waals surface area contributed by atoms with Gasteiger partial charge in [-0.05, 0) is 62.8 Å². The smallest absolute Gasteiger partial charge is 0.349 e. The van der Waals surface area contributed by atoms with E-state index in [0.29, 0.717) is 23.1 Å². The Morgan fingerprint density at radius 3 is 2.46 bits per heavy atom. The number of oxazole rings is 1. The number of esters is 1. The second kappa shape index (κ2) is 12.5. The van der Waals surface area contributed by atoms with Crippen molar-refractivity contribution in [1.82, 2.24) is 20.7 Å². The van der Waals surface area contributed by atoms with Crippen molar-refractivity contribution in [3.8, 4) is 5.75 Å². The standard InChI is InChI=1S/C26H32N4O6S/c1-6-34-25(33)26(4,5)36-23-17(2)12-19(13-18(23)3)14-30(16-22-27-9-10-35-22)15-21(31)28-29-24(32)20-8-7-11-37-20/h7-13H,6,14-16H2,1-5H3,(H,28,31)(H,29,32). The van der Waals surface area contributed by atoms with Gasteiger partial charge in [-0.3, -0.25) is 25.3 Å². The molecule has 0 bridgehead atoms. The van der Waals surface area contributed by atoms with Crippen molar-refractivity contribution in [2.24, 2.45) is 0 Å². The Kier molecular flexibility index (Phi) is 9.42. The highest BCUT2D eigenvalue weighted by atomic mass is 32.1. The molecule has 0 atom stereocenters. The Morgan fingerprint density at radius 2 is 1.86 bits per heavy atom. The first-order valence-electron chi connectivity index (χ1n) is 11.8. The quantitative estimate of drug-likeness (QED) is 0.286. The van der Waals surface area contributed by atoms with Gasteiger partial charge in [-0.25, -0.2) is 9.78 Å². The van der Waals surface area contributed by atoms with Gasteiger partial charge in [0.05, 0.1) is 30.8 Å². The molecule has 0 spiro atoms. The number of nitrogens with zero attached hydrogens (tertiary/aromatic N) is 2. The minimum atomic E-state index is -1.14. The molecule has 0 fully saturated rings. The SMILES string of the molecule is CCOC(=O)C(C)(C)Oc1c(C)cc(CN(CC(=O)NNC(=O)c2cccs2)Cc2ncco2)cc1C. The molecule has 0 aliphatic rings. The molecule has 2 amide bonds. The van der Waals surface area contributed by atoms with Crippen LogP contribution in [0.25, 0.3) is 0 Å². The highest BCUT2D eigenvalue weighted by molar-refractivity contribution is 7.12. The molecule has 2 aromatic heterocycles. The summed E-state index contributed by atoms with van der Waals surface area (Å²) in [5.74, 6) is -0.140. The zero-order valence-corrected chi connectivity index (χ0v) is 22.4. The van der Waals surface area contributed by atoms with E-state index in [9.17, 15) is 14.4 Å². The van der Waals surface area contributed by atoms with Crippen LogP contribution >= 0.6 is 11.3 Å². The molecule has 10 nitrogen and oxygen atoms in total. The van der Waals surface area contributed by atoms with Gasteiger partial charge in [-0.1, -0.05) is 18.2 Å². The highest BCUT2D eigenvalue weighted by Crippen LogP contribution is 2.29. The molecule has 1 aromatic carbocycles. The predicted octanol–water partition coefficient (Wildman–Crippen LogP) is 3.54. The minimum absolute atomic E-state index is 0.0145. The van der Waals surface area contributed by atoms with Crippen LogP contribution in [0.1, 0.15) is 53.0 Å². The largest absolute Gasteiger partial charge is 0.476 e. The van der Waals surface area contributed by atoms with E-state index < -0.39 is 11.6 Å². The topological polar surface area (TPSA) is 123 Å². The molecule has 0 unspecified atom stereocenters. The van der Waals surface area contributed by atoms with Gasteiger partial charge in [-0.15, -0.1) is 11.3 Å². The Labute approximate surface area is 219 Å². The fraction of sp³-hybridized carbons (Fsp3) is 0.385. The Balaban J connectivity index is 1.70. The Morgan fingerprint density at radius 1 is 1.14 bits per heavy atom. The fourth-order valence-electron chi connectivity index (χ4n) is 3.68. The number of aryl methyl sites for hydroxylation is 2. The minimum Gasteiger partial charge on any atom is -0.476 e. The zero-order chi connectivity index (χ0) is 27.0. The van der Waals surface area contributed by atoms with Gasteiger partial charge < -0.3 is 13.9 Å². The van der Waals surface area contributed by atoms with Crippen LogP contribution in [0.15, 0.2) is 46.5 Å². The second-order valence-electron chi connectivity index (χ2n) is 8.94. The van der Waals surface area contributed by atoms with Crippen LogP contribution in [-0.2, 0) is 27.4 Å². The lowest BCUT2D eigenvalue weighted by Gasteiger charge is -2.27. The molecule has 2 N–H and O–H groups in total. The van der Waals surface area contributed by atoms with Gasteiger partial charge in [0.15, 0.2) is 5.60 Å². The monoisotopic (exact) mass is 528 g/mol. The molecule has 37 heavy (non-hydrogen) atoms. The molecule has 0 radical (unpaired) electrons. The first-order chi connectivity index (χ1) is 17.6. The molecular formula is C26H32N4O6S. The number of hydrogen-bond acceptors (Lipinski definition) is 9. The average Bonchev–Trinajstić information content (AvgIpc) is 3.55. The van der Waals surface area contributed by atoms with Crippen LogP contribution in [-0.4, -0.2) is 46.4 Å². The maximum absolute atomic E-state index is 12.6. The molecule has 198 valence electrons. The van der Waals surface area contributed by atoms with Gasteiger partial charge in [0, 0.05) is 6.54 Å². The van der Waals surface area contributed by atoms with Gasteiger partial charge >= 0.3 is 5.97 Å². The number of thiophene rings is 1. The van der Waals surface area contributed by atoms with Crippen LogP contribution in [0.3, 0.4) is 0 Å². The first kappa shape index (κ1) is 27.9. The van der Waals surface area contributed by atoms with Crippen LogP contribution in [0, 0.1) is 13.8 Å². The van der Waals surface area contributed by atoms with Crippen LogP contribution in [0.4, 0.5) is 0 Å². The number of amides is 2. The third-order valence-electron chi connectivity index (χ3n) is 5.32. The van der Waals surface area contributed by atoms with Crippen molar-refractivity contribution in [3.05, 3.63) is 69.6 Å². The van der Waals surface area contributed by atoms with E-state index in [1.807, 2.05) is 30.9 Å². The number of carbonyl (C=O) groups is 3. The number of aromatic nitrogens is 1. The lowest BCUT2D eigenvalue weighted by molar-refractivity contribution is -0.158. The number of carbonyl (C=O) groups excluding carboxylic acids is 3. The van der Waals surface area contributed by atoms with Crippen LogP contribution < -0.4 is 15.6 Å². The van der Waals surface area contributed by atoms with Gasteiger partial charge in [-0.2, -0.15) is 0 Å². The Bertz CT molecular complexity index is 1180. The van der Waals surface area contributed by atoms with Crippen LogP contribution in [0.5, 0.6) is 5.75 Å². The summed E-state index contributed by atoms with van der Waals surface area (Å²) in [7, 11) is 0. The molecule has 3 aromatic rings. The van der Waals surface area contributed by atoms with Gasteiger partial charge in [0.2, 0.25) is 5.89 Å². The van der Waals surface area contributed by atoms with E-state index in [1.165, 1.54) is 17.6 Å². The van der Waals surface area contributed by atoms with E-state index in [4.69, 9.17) is 13.9 Å². The number of hydrogen-bond donors (Lipinski definition) is 2. The zero-order valence-electron chi connectivity index (χ0n) is 21.6. The lowest BCUT2D eigenvalue weighted by atomic mass is 10.0. The predicted molar refractivity (Wildman–Crippen MR) is 138 cm³/mol. The maximum Gasteiger partial charge on any atom is 0.349 e. The summed E-state index contributed by atoms with van der Waals surface area (Å²) in [6, 6.07) is 7.33. The summed E-state index contributed by atoms with van der Waals surface area (Å²) in [5.41, 5.74) is 6.36. The average molecular weight is 529 g/mol. The van der Waals surface area contributed by atoms with Gasteiger partial charge in [0.1, 0.15) is 12.0 Å². The summed E-state index contributed by atoms with van der Waals surface area (Å²) in [4.78, 5) is 43.6. The van der Waals surface area contributed by atoms with E-state index >= 15 is 0 Å². The molecule has 0 aliphatic heterocycles. The van der Waals surface area contributed by atoms with Crippen molar-refractivity contribution in [1.29, 1.82) is 0 Å². The van der Waals surface area contributed by atoms with E-state index in [-0.39, 0.29) is 31.5 Å². The molecule has 0 saturated heterocycles. The summed E-state index contributed by atoms with van der Waals surface area (Å²) >= 11 is 1.28. The molecule has 0 saturated carbocycles.